The van der Waals surface area contributed by atoms with Gasteiger partial charge in [0.2, 0.25) is 0 Å². The van der Waals surface area contributed by atoms with Crippen LogP contribution in [0.15, 0.2) is 24.3 Å². The van der Waals surface area contributed by atoms with Crippen molar-refractivity contribution in [2.45, 2.75) is 25.6 Å². The van der Waals surface area contributed by atoms with Crippen LogP contribution < -0.4 is 0 Å². The summed E-state index contributed by atoms with van der Waals surface area (Å²) in [5.41, 5.74) is 2.52. The summed E-state index contributed by atoms with van der Waals surface area (Å²) in [5.74, 6) is 1.03. The molecule has 2 aromatic rings. The van der Waals surface area contributed by atoms with Gasteiger partial charge in [-0.25, -0.2) is 0 Å². The van der Waals surface area contributed by atoms with E-state index in [-0.39, 0.29) is 0 Å². The van der Waals surface area contributed by atoms with Gasteiger partial charge in [-0.3, -0.25) is 0 Å². The van der Waals surface area contributed by atoms with Crippen LogP contribution in [0.5, 0.6) is 0 Å². The summed E-state index contributed by atoms with van der Waals surface area (Å²) < 4.78 is 2.34. The van der Waals surface area contributed by atoms with Crippen molar-refractivity contribution < 1.29 is 0 Å². The molecule has 0 bridgehead atoms. The van der Waals surface area contributed by atoms with Crippen molar-refractivity contribution >= 4 is 34.3 Å². The van der Waals surface area contributed by atoms with Crippen LogP contribution in [0.4, 0.5) is 0 Å². The third-order valence-electron chi connectivity index (χ3n) is 2.70. The maximum Gasteiger partial charge on any atom is 0.0674 e. The summed E-state index contributed by atoms with van der Waals surface area (Å²) in [6.45, 7) is 4.40. The maximum atomic E-state index is 6.29. The monoisotopic (exact) mass is 253 g/mol. The van der Waals surface area contributed by atoms with Gasteiger partial charge in [0.05, 0.1) is 10.5 Å². The van der Waals surface area contributed by atoms with Gasteiger partial charge in [-0.05, 0) is 32.2 Å². The number of nitrogens with zero attached hydrogens (tertiary/aromatic N) is 1. The van der Waals surface area contributed by atoms with Crippen molar-refractivity contribution in [3.05, 3.63) is 35.0 Å². The Morgan fingerprint density at radius 1 is 1.38 bits per heavy atom. The quantitative estimate of drug-likeness (QED) is 0.765. The number of hydrogen-bond acceptors (Lipinski definition) is 1. The fraction of sp³-hybridized carbons (Fsp3) is 0.385. The van der Waals surface area contributed by atoms with E-state index in [1.807, 2.05) is 23.9 Å². The van der Waals surface area contributed by atoms with Crippen LogP contribution in [-0.4, -0.2) is 10.8 Å². The van der Waals surface area contributed by atoms with Crippen LogP contribution in [0.25, 0.3) is 10.9 Å². The van der Waals surface area contributed by atoms with Gasteiger partial charge >= 0.3 is 0 Å². The van der Waals surface area contributed by atoms with E-state index in [0.717, 1.165) is 10.8 Å². The van der Waals surface area contributed by atoms with Crippen molar-refractivity contribution in [1.82, 2.24) is 4.57 Å². The minimum absolute atomic E-state index is 0.444. The van der Waals surface area contributed by atoms with E-state index in [4.69, 9.17) is 11.6 Å². The van der Waals surface area contributed by atoms with E-state index in [1.165, 1.54) is 16.6 Å². The Morgan fingerprint density at radius 2 is 2.12 bits per heavy atom. The Bertz CT molecular complexity index is 502. The SMILES string of the molecule is CSCc1cc2cccc(Cl)c2n1C(C)C. The van der Waals surface area contributed by atoms with Gasteiger partial charge in [0.15, 0.2) is 0 Å². The second-order valence-corrected chi connectivity index (χ2v) is 5.48. The van der Waals surface area contributed by atoms with Gasteiger partial charge in [0.25, 0.3) is 0 Å². The predicted octanol–water partition coefficient (Wildman–Crippen LogP) is 4.74. The van der Waals surface area contributed by atoms with E-state index in [0.29, 0.717) is 6.04 Å². The number of hydrogen-bond donors (Lipinski definition) is 0. The van der Waals surface area contributed by atoms with E-state index in [9.17, 15) is 0 Å². The molecule has 0 N–H and O–H groups in total. The maximum absolute atomic E-state index is 6.29. The molecule has 0 saturated carbocycles. The lowest BCUT2D eigenvalue weighted by molar-refractivity contribution is 0.606. The highest BCUT2D eigenvalue weighted by Crippen LogP contribution is 2.31. The largest absolute Gasteiger partial charge is 0.340 e. The Labute approximate surface area is 106 Å². The second kappa shape index (κ2) is 4.72. The lowest BCUT2D eigenvalue weighted by Gasteiger charge is -2.14. The first-order valence-corrected chi connectivity index (χ1v) is 7.19. The number of rotatable bonds is 3. The van der Waals surface area contributed by atoms with Gasteiger partial charge in [-0.2, -0.15) is 11.8 Å². The number of halogens is 1. The van der Waals surface area contributed by atoms with Gasteiger partial charge in [-0.1, -0.05) is 23.7 Å². The summed E-state index contributed by atoms with van der Waals surface area (Å²) >= 11 is 8.14. The molecular weight excluding hydrogens is 238 g/mol. The van der Waals surface area contributed by atoms with Crippen LogP contribution in [0.1, 0.15) is 25.6 Å². The van der Waals surface area contributed by atoms with Crippen molar-refractivity contribution in [3.8, 4) is 0 Å². The lowest BCUT2D eigenvalue weighted by Crippen LogP contribution is -2.04. The molecule has 1 aromatic heterocycles. The highest BCUT2D eigenvalue weighted by Gasteiger charge is 2.13. The van der Waals surface area contributed by atoms with Crippen LogP contribution in [-0.2, 0) is 5.75 Å². The third-order valence-corrected chi connectivity index (χ3v) is 3.59. The highest BCUT2D eigenvalue weighted by molar-refractivity contribution is 7.97. The van der Waals surface area contributed by atoms with Gasteiger partial charge < -0.3 is 4.57 Å². The molecule has 0 aliphatic rings. The van der Waals surface area contributed by atoms with E-state index < -0.39 is 0 Å². The number of benzene rings is 1. The normalized spacial score (nSPS) is 11.6. The number of para-hydroxylation sites is 1. The van der Waals surface area contributed by atoms with Crippen molar-refractivity contribution in [1.29, 1.82) is 0 Å². The van der Waals surface area contributed by atoms with Gasteiger partial charge in [0, 0.05) is 22.9 Å². The van der Waals surface area contributed by atoms with Gasteiger partial charge in [-0.15, -0.1) is 0 Å². The Kier molecular flexibility index (Phi) is 3.50. The molecule has 0 atom stereocenters. The Hall–Kier alpha value is -0.600. The first-order chi connectivity index (χ1) is 7.65. The molecule has 0 fully saturated rings. The minimum atomic E-state index is 0.444. The lowest BCUT2D eigenvalue weighted by atomic mass is 10.2. The van der Waals surface area contributed by atoms with E-state index in [1.54, 1.807) is 0 Å². The van der Waals surface area contributed by atoms with Crippen LogP contribution in [0.2, 0.25) is 5.02 Å². The van der Waals surface area contributed by atoms with Crippen LogP contribution in [0.3, 0.4) is 0 Å². The zero-order valence-corrected chi connectivity index (χ0v) is 11.4. The fourth-order valence-electron chi connectivity index (χ4n) is 2.14. The first-order valence-electron chi connectivity index (χ1n) is 5.42. The Morgan fingerprint density at radius 3 is 2.75 bits per heavy atom. The van der Waals surface area contributed by atoms with E-state index >= 15 is 0 Å². The van der Waals surface area contributed by atoms with Crippen molar-refractivity contribution in [3.63, 3.8) is 0 Å². The van der Waals surface area contributed by atoms with Crippen molar-refractivity contribution in [2.24, 2.45) is 0 Å². The summed E-state index contributed by atoms with van der Waals surface area (Å²) in [6, 6.07) is 8.80. The molecule has 1 aromatic carbocycles. The third kappa shape index (κ3) is 1.96. The topological polar surface area (TPSA) is 4.93 Å². The molecule has 0 unspecified atom stereocenters. The zero-order chi connectivity index (χ0) is 11.7. The molecule has 86 valence electrons. The average Bonchev–Trinajstić information content (AvgIpc) is 2.58. The molecule has 2 rings (SSSR count). The Balaban J connectivity index is 2.72. The zero-order valence-electron chi connectivity index (χ0n) is 9.83. The molecule has 0 spiro atoms. The number of aromatic nitrogens is 1. The average molecular weight is 254 g/mol. The molecule has 16 heavy (non-hydrogen) atoms. The molecule has 1 nitrogen and oxygen atoms in total. The standard InChI is InChI=1S/C13H16ClNS/c1-9(2)15-11(8-16-3)7-10-5-4-6-12(14)13(10)15/h4-7,9H,8H2,1-3H3. The molecular formula is C13H16ClNS. The number of fused-ring (bicyclic) bond motifs is 1. The highest BCUT2D eigenvalue weighted by atomic mass is 35.5. The molecule has 0 radical (unpaired) electrons. The molecule has 1 heterocycles. The summed E-state index contributed by atoms with van der Waals surface area (Å²) in [5, 5.41) is 2.09. The molecule has 0 amide bonds. The van der Waals surface area contributed by atoms with E-state index in [2.05, 4.69) is 36.8 Å². The number of thioether (sulfide) groups is 1. The first kappa shape index (κ1) is 11.9. The van der Waals surface area contributed by atoms with Crippen LogP contribution in [0, 0.1) is 0 Å². The molecule has 0 saturated heterocycles. The fourth-order valence-corrected chi connectivity index (χ4v) is 2.94. The van der Waals surface area contributed by atoms with Crippen molar-refractivity contribution in [2.75, 3.05) is 6.26 Å². The molecule has 3 heteroatoms. The predicted molar refractivity (Wildman–Crippen MR) is 74.6 cm³/mol. The molecule has 0 aliphatic heterocycles. The summed E-state index contributed by atoms with van der Waals surface area (Å²) in [6.07, 6.45) is 2.13. The minimum Gasteiger partial charge on any atom is -0.340 e. The van der Waals surface area contributed by atoms with Crippen LogP contribution >= 0.6 is 23.4 Å². The van der Waals surface area contributed by atoms with Gasteiger partial charge in [0.1, 0.15) is 0 Å². The molecule has 0 aliphatic carbocycles. The summed E-state index contributed by atoms with van der Waals surface area (Å²) in [7, 11) is 0. The summed E-state index contributed by atoms with van der Waals surface area (Å²) in [4.78, 5) is 0. The smallest absolute Gasteiger partial charge is 0.0674 e. The second-order valence-electron chi connectivity index (χ2n) is 4.21.